The van der Waals surface area contributed by atoms with Crippen LogP contribution in [0, 0.1) is 0 Å². The molecule has 0 bridgehead atoms. The zero-order chi connectivity index (χ0) is 26.0. The molecule has 4 atom stereocenters. The molecule has 8 nitrogen and oxygen atoms in total. The minimum atomic E-state index is -1.41. The van der Waals surface area contributed by atoms with Gasteiger partial charge in [-0.1, -0.05) is 18.2 Å². The number of halogens is 1. The number of nitrogens with one attached hydrogen (secondary N) is 1. The molecular formula is C28H39FN2O6. The van der Waals surface area contributed by atoms with E-state index in [-0.39, 0.29) is 24.7 Å². The van der Waals surface area contributed by atoms with Crippen LogP contribution in [-0.2, 0) is 20.8 Å². The number of hydrogen-bond donors (Lipinski definition) is 2. The number of methoxy groups -OCH3 is 2. The molecule has 2 aliphatic rings. The van der Waals surface area contributed by atoms with Gasteiger partial charge in [-0.05, 0) is 41.8 Å². The van der Waals surface area contributed by atoms with Crippen molar-refractivity contribution in [3.05, 3.63) is 53.6 Å². The number of aliphatic hydroxyl groups excluding tert-OH is 1. The highest BCUT2D eigenvalue weighted by atomic mass is 19.1. The van der Waals surface area contributed by atoms with Crippen LogP contribution in [-0.4, -0.2) is 90.3 Å². The summed E-state index contributed by atoms with van der Waals surface area (Å²) in [5, 5.41) is 12.5. The molecule has 0 unspecified atom stereocenters. The van der Waals surface area contributed by atoms with E-state index in [2.05, 4.69) is 16.3 Å². The fourth-order valence-electron chi connectivity index (χ4n) is 4.97. The molecular weight excluding hydrogens is 479 g/mol. The van der Waals surface area contributed by atoms with Gasteiger partial charge in [0.15, 0.2) is 0 Å². The monoisotopic (exact) mass is 518 g/mol. The molecule has 1 saturated heterocycles. The lowest BCUT2D eigenvalue weighted by Gasteiger charge is -2.39. The number of benzene rings is 2. The molecule has 0 aromatic heterocycles. The normalized spacial score (nSPS) is 22.3. The van der Waals surface area contributed by atoms with E-state index in [4.69, 9.17) is 28.8 Å². The third-order valence-electron chi connectivity index (χ3n) is 6.91. The molecule has 2 aromatic rings. The van der Waals surface area contributed by atoms with E-state index in [9.17, 15) is 4.39 Å². The first-order valence-corrected chi connectivity index (χ1v) is 12.9. The van der Waals surface area contributed by atoms with E-state index in [0.29, 0.717) is 26.3 Å². The quantitative estimate of drug-likeness (QED) is 0.392. The number of fused-ring (bicyclic) bond motifs is 1. The van der Waals surface area contributed by atoms with Crippen molar-refractivity contribution in [2.75, 3.05) is 71.7 Å². The number of anilines is 1. The number of alkyl halides is 1. The van der Waals surface area contributed by atoms with E-state index >= 15 is 0 Å². The van der Waals surface area contributed by atoms with Gasteiger partial charge in [-0.3, -0.25) is 0 Å². The van der Waals surface area contributed by atoms with Crippen LogP contribution in [0.2, 0.25) is 0 Å². The molecule has 0 spiro atoms. The topological polar surface area (TPSA) is 81.7 Å². The molecule has 1 fully saturated rings. The summed E-state index contributed by atoms with van der Waals surface area (Å²) in [5.41, 5.74) is 3.18. The van der Waals surface area contributed by atoms with Crippen LogP contribution in [0.5, 0.6) is 11.5 Å². The van der Waals surface area contributed by atoms with Gasteiger partial charge in [-0.2, -0.15) is 0 Å². The minimum Gasteiger partial charge on any atom is -0.497 e. The van der Waals surface area contributed by atoms with Crippen molar-refractivity contribution >= 4 is 5.69 Å². The number of nitrogens with zero attached hydrogens (tertiary/aromatic N) is 1. The molecule has 2 heterocycles. The van der Waals surface area contributed by atoms with Crippen molar-refractivity contribution in [3.8, 4) is 11.5 Å². The Bertz CT molecular complexity index is 962. The van der Waals surface area contributed by atoms with Crippen LogP contribution >= 0.6 is 0 Å². The predicted octanol–water partition coefficient (Wildman–Crippen LogP) is 2.92. The van der Waals surface area contributed by atoms with E-state index in [0.717, 1.165) is 54.4 Å². The van der Waals surface area contributed by atoms with Crippen molar-refractivity contribution in [1.82, 2.24) is 5.32 Å². The second-order valence-corrected chi connectivity index (χ2v) is 9.44. The van der Waals surface area contributed by atoms with Crippen molar-refractivity contribution in [2.24, 2.45) is 0 Å². The van der Waals surface area contributed by atoms with Crippen molar-refractivity contribution in [1.29, 1.82) is 0 Å². The van der Waals surface area contributed by atoms with E-state index in [1.54, 1.807) is 14.2 Å². The van der Waals surface area contributed by atoms with E-state index in [1.165, 1.54) is 0 Å². The number of ether oxygens (including phenoxy) is 5. The number of hydrogen-bond acceptors (Lipinski definition) is 8. The van der Waals surface area contributed by atoms with Crippen LogP contribution in [0.4, 0.5) is 10.1 Å². The number of rotatable bonds is 13. The largest absolute Gasteiger partial charge is 0.497 e. The maximum absolute atomic E-state index is 13.8. The molecule has 2 aromatic carbocycles. The van der Waals surface area contributed by atoms with Crippen LogP contribution in [0.25, 0.3) is 0 Å². The Morgan fingerprint density at radius 3 is 2.62 bits per heavy atom. The van der Waals surface area contributed by atoms with Gasteiger partial charge in [0.05, 0.1) is 51.4 Å². The average molecular weight is 519 g/mol. The second kappa shape index (κ2) is 13.9. The summed E-state index contributed by atoms with van der Waals surface area (Å²) in [6.07, 6.45) is -0.956. The molecule has 4 rings (SSSR count). The van der Waals surface area contributed by atoms with Crippen molar-refractivity contribution < 1.29 is 33.2 Å². The molecule has 0 saturated carbocycles. The van der Waals surface area contributed by atoms with Gasteiger partial charge in [0.1, 0.15) is 24.3 Å². The first kappa shape index (κ1) is 27.6. The number of piperidine rings is 1. The maximum Gasteiger partial charge on any atom is 0.146 e. The van der Waals surface area contributed by atoms with Crippen LogP contribution in [0.1, 0.15) is 23.5 Å². The SMILES string of the molecule is COCCCN1CCOc2ccc(CO[C@H]3CNC[C@@H](OC[C@@H](F)CO)[C@@H]3c3ccc(OC)cc3)cc21. The summed E-state index contributed by atoms with van der Waals surface area (Å²) in [6, 6.07) is 14.0. The molecule has 0 radical (unpaired) electrons. The first-order chi connectivity index (χ1) is 18.1. The Kier molecular flexibility index (Phi) is 10.4. The summed E-state index contributed by atoms with van der Waals surface area (Å²) < 4.78 is 42.6. The zero-order valence-corrected chi connectivity index (χ0v) is 21.7. The van der Waals surface area contributed by atoms with Gasteiger partial charge in [0.25, 0.3) is 0 Å². The first-order valence-electron chi connectivity index (χ1n) is 12.9. The zero-order valence-electron chi connectivity index (χ0n) is 21.7. The van der Waals surface area contributed by atoms with Crippen LogP contribution < -0.4 is 19.7 Å². The highest BCUT2D eigenvalue weighted by Gasteiger charge is 2.36. The molecule has 0 aliphatic carbocycles. The Balaban J connectivity index is 1.48. The predicted molar refractivity (Wildman–Crippen MR) is 140 cm³/mol. The van der Waals surface area contributed by atoms with Crippen molar-refractivity contribution in [2.45, 2.75) is 37.3 Å². The third kappa shape index (κ3) is 7.33. The highest BCUT2D eigenvalue weighted by Crippen LogP contribution is 2.35. The summed E-state index contributed by atoms with van der Waals surface area (Å²) in [4.78, 5) is 2.34. The third-order valence-corrected chi connectivity index (χ3v) is 6.91. The molecule has 37 heavy (non-hydrogen) atoms. The number of aliphatic hydroxyl groups is 1. The molecule has 2 aliphatic heterocycles. The fraction of sp³-hybridized carbons (Fsp3) is 0.571. The summed E-state index contributed by atoms with van der Waals surface area (Å²) in [7, 11) is 3.36. The summed E-state index contributed by atoms with van der Waals surface area (Å²) in [5.74, 6) is 1.55. The minimum absolute atomic E-state index is 0.107. The smallest absolute Gasteiger partial charge is 0.146 e. The van der Waals surface area contributed by atoms with Crippen molar-refractivity contribution in [3.63, 3.8) is 0 Å². The highest BCUT2D eigenvalue weighted by molar-refractivity contribution is 5.61. The Hall–Kier alpha value is -2.43. The Morgan fingerprint density at radius 1 is 1.11 bits per heavy atom. The average Bonchev–Trinajstić information content (AvgIpc) is 2.95. The molecule has 9 heteroatoms. The van der Waals surface area contributed by atoms with Gasteiger partial charge < -0.3 is 39.0 Å². The van der Waals surface area contributed by atoms with Crippen LogP contribution in [0.3, 0.4) is 0 Å². The van der Waals surface area contributed by atoms with Gasteiger partial charge in [-0.25, -0.2) is 4.39 Å². The van der Waals surface area contributed by atoms with E-state index < -0.39 is 12.8 Å². The fourth-order valence-corrected chi connectivity index (χ4v) is 4.97. The second-order valence-electron chi connectivity index (χ2n) is 9.44. The molecule has 204 valence electrons. The molecule has 0 amide bonds. The van der Waals surface area contributed by atoms with Gasteiger partial charge in [0.2, 0.25) is 0 Å². The van der Waals surface area contributed by atoms with Gasteiger partial charge in [0, 0.05) is 39.3 Å². The standard InChI is InChI=1S/C28H39FN2O6/c1-33-12-3-10-31-11-13-35-25-9-4-20(14-24(25)31)18-36-26-15-30-16-27(37-19-22(29)17-32)28(26)21-5-7-23(34-2)8-6-21/h4-9,14,22,26-28,30,32H,3,10-13,15-19H2,1-2H3/t22-,26-,27+,28+/m0/s1. The lowest BCUT2D eigenvalue weighted by Crippen LogP contribution is -2.51. The lowest BCUT2D eigenvalue weighted by atomic mass is 9.85. The summed E-state index contributed by atoms with van der Waals surface area (Å²) >= 11 is 0. The lowest BCUT2D eigenvalue weighted by molar-refractivity contribution is -0.0728. The summed E-state index contributed by atoms with van der Waals surface area (Å²) in [6.45, 7) is 4.07. The van der Waals surface area contributed by atoms with Crippen LogP contribution in [0.15, 0.2) is 42.5 Å². The Morgan fingerprint density at radius 2 is 1.89 bits per heavy atom. The maximum atomic E-state index is 13.8. The molecule has 2 N–H and O–H groups in total. The Labute approximate surface area is 218 Å². The van der Waals surface area contributed by atoms with E-state index in [1.807, 2.05) is 36.4 Å². The van der Waals surface area contributed by atoms with Gasteiger partial charge >= 0.3 is 0 Å². The van der Waals surface area contributed by atoms with Gasteiger partial charge in [-0.15, -0.1) is 0 Å².